The molecule has 0 N–H and O–H groups in total. The molecule has 2 heteroatoms. The second kappa shape index (κ2) is 3.98. The molecule has 1 aromatic rings. The van der Waals surface area contributed by atoms with Gasteiger partial charge in [0.2, 0.25) is 0 Å². The van der Waals surface area contributed by atoms with E-state index in [0.29, 0.717) is 0 Å². The molecule has 0 bridgehead atoms. The molecule has 11 heavy (non-hydrogen) atoms. The highest BCUT2D eigenvalue weighted by molar-refractivity contribution is 6.04. The maximum Gasteiger partial charge on any atom is 0.107 e. The summed E-state index contributed by atoms with van der Waals surface area (Å²) in [6, 6.07) is 10.4. The van der Waals surface area contributed by atoms with Crippen LogP contribution in [0.25, 0.3) is 0 Å². The molecular weight excluding hydrogens is 150 g/mol. The van der Waals surface area contributed by atoms with E-state index in [4.69, 9.17) is 0 Å². The van der Waals surface area contributed by atoms with Gasteiger partial charge in [0.05, 0.1) is 0 Å². The molecule has 1 rings (SSSR count). The van der Waals surface area contributed by atoms with Crippen molar-refractivity contribution in [1.82, 2.24) is 4.57 Å². The molecule has 0 aliphatic carbocycles. The van der Waals surface area contributed by atoms with Crippen LogP contribution in [0.1, 0.15) is 5.56 Å². The van der Waals surface area contributed by atoms with Gasteiger partial charge < -0.3 is 4.57 Å². The van der Waals surface area contributed by atoms with Crippen molar-refractivity contribution in [2.24, 2.45) is 0 Å². The zero-order valence-electron chi connectivity index (χ0n) is 6.83. The summed E-state index contributed by atoms with van der Waals surface area (Å²) in [6.45, 7) is 4.71. The molecule has 0 unspecified atom stereocenters. The standard InChI is InChI=1S/C9H13NSi/c1-2-10(11)8-9-6-4-3-5-7-9/h2-7H,1,8H2,11H3. The first kappa shape index (κ1) is 8.08. The maximum atomic E-state index is 3.72. The van der Waals surface area contributed by atoms with Crippen LogP contribution in [0.4, 0.5) is 0 Å². The molecular formula is C9H13NSi. The molecule has 0 atom stereocenters. The second-order valence-electron chi connectivity index (χ2n) is 2.58. The fraction of sp³-hybridized carbons (Fsp3) is 0.111. The van der Waals surface area contributed by atoms with Gasteiger partial charge in [-0.05, 0) is 11.8 Å². The van der Waals surface area contributed by atoms with Crippen LogP contribution >= 0.6 is 0 Å². The van der Waals surface area contributed by atoms with E-state index in [0.717, 1.165) is 16.9 Å². The minimum atomic E-state index is 0.997. The van der Waals surface area contributed by atoms with Gasteiger partial charge in [-0.25, -0.2) is 0 Å². The van der Waals surface area contributed by atoms with Crippen molar-refractivity contribution in [3.63, 3.8) is 0 Å². The van der Waals surface area contributed by atoms with Crippen molar-refractivity contribution in [2.45, 2.75) is 6.54 Å². The Balaban J connectivity index is 2.57. The van der Waals surface area contributed by atoms with Crippen LogP contribution in [-0.2, 0) is 6.54 Å². The Morgan fingerprint density at radius 3 is 2.55 bits per heavy atom. The van der Waals surface area contributed by atoms with Gasteiger partial charge in [0.1, 0.15) is 10.4 Å². The Bertz CT molecular complexity index is 220. The third-order valence-electron chi connectivity index (χ3n) is 1.59. The Morgan fingerprint density at radius 1 is 1.36 bits per heavy atom. The van der Waals surface area contributed by atoms with E-state index < -0.39 is 0 Å². The predicted molar refractivity (Wildman–Crippen MR) is 52.1 cm³/mol. The first-order valence-electron chi connectivity index (χ1n) is 3.69. The van der Waals surface area contributed by atoms with Gasteiger partial charge in [0.15, 0.2) is 0 Å². The zero-order chi connectivity index (χ0) is 8.10. The molecule has 0 spiro atoms. The Morgan fingerprint density at radius 2 is 2.00 bits per heavy atom. The lowest BCUT2D eigenvalue weighted by molar-refractivity contribution is 0.599. The average Bonchev–Trinajstić information content (AvgIpc) is 2.06. The quantitative estimate of drug-likeness (QED) is 0.599. The van der Waals surface area contributed by atoms with E-state index in [9.17, 15) is 0 Å². The summed E-state index contributed by atoms with van der Waals surface area (Å²) in [4.78, 5) is 0. The number of benzene rings is 1. The highest BCUT2D eigenvalue weighted by atomic mass is 28.2. The molecule has 0 aliphatic heterocycles. The normalized spacial score (nSPS) is 9.45. The van der Waals surface area contributed by atoms with Crippen LogP contribution < -0.4 is 0 Å². The smallest absolute Gasteiger partial charge is 0.107 e. The summed E-state index contributed by atoms with van der Waals surface area (Å²) in [5.74, 6) is 0. The fourth-order valence-corrected chi connectivity index (χ4v) is 1.30. The van der Waals surface area contributed by atoms with Crippen molar-refractivity contribution < 1.29 is 0 Å². The van der Waals surface area contributed by atoms with Gasteiger partial charge >= 0.3 is 0 Å². The molecule has 0 aliphatic rings. The molecule has 1 aromatic carbocycles. The van der Waals surface area contributed by atoms with Crippen molar-refractivity contribution in [2.75, 3.05) is 0 Å². The maximum absolute atomic E-state index is 3.72. The average molecular weight is 163 g/mol. The molecule has 0 saturated carbocycles. The summed E-state index contributed by atoms with van der Waals surface area (Å²) < 4.78 is 2.19. The van der Waals surface area contributed by atoms with Gasteiger partial charge in [0.25, 0.3) is 0 Å². The van der Waals surface area contributed by atoms with E-state index in [-0.39, 0.29) is 0 Å². The van der Waals surface area contributed by atoms with E-state index in [1.165, 1.54) is 5.56 Å². The summed E-state index contributed by atoms with van der Waals surface area (Å²) in [5, 5.41) is 0. The Kier molecular flexibility index (Phi) is 2.92. The number of rotatable bonds is 3. The van der Waals surface area contributed by atoms with Crippen LogP contribution in [0.5, 0.6) is 0 Å². The molecule has 0 radical (unpaired) electrons. The zero-order valence-corrected chi connectivity index (χ0v) is 8.83. The van der Waals surface area contributed by atoms with Gasteiger partial charge in [-0.1, -0.05) is 36.9 Å². The lowest BCUT2D eigenvalue weighted by atomic mass is 10.2. The van der Waals surface area contributed by atoms with Crippen molar-refractivity contribution >= 4 is 10.4 Å². The first-order chi connectivity index (χ1) is 5.33. The van der Waals surface area contributed by atoms with Crippen LogP contribution in [0.3, 0.4) is 0 Å². The summed E-state index contributed by atoms with van der Waals surface area (Å²) >= 11 is 0. The number of hydrogen-bond donors (Lipinski definition) is 0. The number of hydrogen-bond acceptors (Lipinski definition) is 1. The monoisotopic (exact) mass is 163 g/mol. The molecule has 58 valence electrons. The summed E-state index contributed by atoms with van der Waals surface area (Å²) in [7, 11) is 1.04. The molecule has 0 fully saturated rings. The molecule has 0 aromatic heterocycles. The number of nitrogens with zero attached hydrogens (tertiary/aromatic N) is 1. The van der Waals surface area contributed by atoms with Crippen molar-refractivity contribution in [3.05, 3.63) is 48.7 Å². The van der Waals surface area contributed by atoms with E-state index in [2.05, 4.69) is 35.4 Å². The lowest BCUT2D eigenvalue weighted by Crippen LogP contribution is -2.10. The first-order valence-corrected chi connectivity index (χ1v) is 4.59. The van der Waals surface area contributed by atoms with E-state index >= 15 is 0 Å². The van der Waals surface area contributed by atoms with Crippen molar-refractivity contribution in [1.29, 1.82) is 0 Å². The largest absolute Gasteiger partial charge is 0.408 e. The fourth-order valence-electron chi connectivity index (χ4n) is 0.936. The second-order valence-corrected chi connectivity index (χ2v) is 3.73. The summed E-state index contributed by atoms with van der Waals surface area (Å²) in [5.41, 5.74) is 1.35. The Hall–Kier alpha value is -1.02. The molecule has 1 nitrogen and oxygen atoms in total. The molecule has 0 amide bonds. The van der Waals surface area contributed by atoms with E-state index in [1.54, 1.807) is 0 Å². The minimum Gasteiger partial charge on any atom is -0.408 e. The SMILES string of the molecule is C=CN([SiH3])Cc1ccccc1. The van der Waals surface area contributed by atoms with Gasteiger partial charge in [-0.15, -0.1) is 0 Å². The Labute approximate surface area is 70.8 Å². The van der Waals surface area contributed by atoms with Crippen molar-refractivity contribution in [3.8, 4) is 0 Å². The lowest BCUT2D eigenvalue weighted by Gasteiger charge is -2.12. The van der Waals surface area contributed by atoms with Gasteiger partial charge in [-0.2, -0.15) is 0 Å². The minimum absolute atomic E-state index is 0.997. The van der Waals surface area contributed by atoms with Crippen LogP contribution in [0, 0.1) is 0 Å². The predicted octanol–water partition coefficient (Wildman–Crippen LogP) is 0.912. The topological polar surface area (TPSA) is 3.24 Å². The highest BCUT2D eigenvalue weighted by Gasteiger charge is 1.91. The molecule has 0 heterocycles. The summed E-state index contributed by atoms with van der Waals surface area (Å²) in [6.07, 6.45) is 1.89. The highest BCUT2D eigenvalue weighted by Crippen LogP contribution is 2.01. The van der Waals surface area contributed by atoms with E-state index in [1.807, 2.05) is 12.3 Å². The third-order valence-corrected chi connectivity index (χ3v) is 2.27. The van der Waals surface area contributed by atoms with Crippen LogP contribution in [0.2, 0.25) is 0 Å². The molecule has 0 saturated heterocycles. The van der Waals surface area contributed by atoms with Crippen LogP contribution in [0.15, 0.2) is 43.1 Å². The van der Waals surface area contributed by atoms with Gasteiger partial charge in [-0.3, -0.25) is 0 Å². The van der Waals surface area contributed by atoms with Crippen LogP contribution in [-0.4, -0.2) is 15.0 Å². The van der Waals surface area contributed by atoms with Gasteiger partial charge in [0, 0.05) is 6.54 Å². The third kappa shape index (κ3) is 2.59.